The Kier molecular flexibility index (Phi) is 10.5. The van der Waals surface area contributed by atoms with Gasteiger partial charge in [-0.2, -0.15) is 0 Å². The van der Waals surface area contributed by atoms with E-state index in [-0.39, 0.29) is 11.3 Å². The number of hydrogen-bond acceptors (Lipinski definition) is 1. The normalized spacial score (nSPS) is 24.8. The van der Waals surface area contributed by atoms with Gasteiger partial charge in [-0.1, -0.05) is 79.8 Å². The van der Waals surface area contributed by atoms with Gasteiger partial charge in [0.05, 0.1) is 0 Å². The van der Waals surface area contributed by atoms with Crippen LogP contribution in [0.2, 0.25) is 0 Å². The second-order valence-electron chi connectivity index (χ2n) is 6.47. The predicted molar refractivity (Wildman–Crippen MR) is 106 cm³/mol. The third-order valence-corrected chi connectivity index (χ3v) is 4.18. The van der Waals surface area contributed by atoms with Crippen LogP contribution in [0, 0.1) is 11.3 Å². The molecule has 1 heteroatoms. The minimum absolute atomic E-state index is 0.0382. The lowest BCUT2D eigenvalue weighted by Gasteiger charge is -2.17. The van der Waals surface area contributed by atoms with E-state index in [1.54, 1.807) is 0 Å². The zero-order chi connectivity index (χ0) is 17.5. The van der Waals surface area contributed by atoms with Crippen LogP contribution in [0.4, 0.5) is 0 Å². The molecule has 0 spiro atoms. The van der Waals surface area contributed by atoms with Gasteiger partial charge < -0.3 is 4.79 Å². The Morgan fingerprint density at radius 1 is 0.917 bits per heavy atom. The van der Waals surface area contributed by atoms with Crippen molar-refractivity contribution in [2.75, 3.05) is 0 Å². The largest absolute Gasteiger partial charge is 0.303 e. The maximum Gasteiger partial charge on any atom is 0.123 e. The first kappa shape index (κ1) is 20.2. The molecule has 130 valence electrons. The lowest BCUT2D eigenvalue weighted by Crippen LogP contribution is -2.05. The van der Waals surface area contributed by atoms with Gasteiger partial charge in [-0.05, 0) is 45.4 Å². The molecule has 0 heterocycles. The number of aldehydes is 1. The number of allylic oxidation sites excluding steroid dienone is 12. The highest BCUT2D eigenvalue weighted by atomic mass is 16.1. The molecule has 0 aromatic heterocycles. The fourth-order valence-corrected chi connectivity index (χ4v) is 2.52. The van der Waals surface area contributed by atoms with Crippen molar-refractivity contribution < 1.29 is 4.79 Å². The Morgan fingerprint density at radius 2 is 1.50 bits per heavy atom. The summed E-state index contributed by atoms with van der Waals surface area (Å²) in [5.74, 6) is 0.168. The van der Waals surface area contributed by atoms with Crippen LogP contribution in [-0.2, 0) is 4.79 Å². The standard InChI is InChI=1S/C23H32O/c1-3-22(21-24)17-13-9-12-16-20-23(2)18-14-10-7-5-4-6-8-11-15-19-23/h5-9,13-16,18-22H,3-4,10-12,17H2,1-2H3/b7-5-,8-6-,13-9+,18-14-,19-15-,20-16-. The van der Waals surface area contributed by atoms with Crippen molar-refractivity contribution in [1.82, 2.24) is 0 Å². The van der Waals surface area contributed by atoms with Gasteiger partial charge in [-0.25, -0.2) is 0 Å². The Bertz CT molecular complexity index is 490. The van der Waals surface area contributed by atoms with E-state index in [4.69, 9.17) is 0 Å². The summed E-state index contributed by atoms with van der Waals surface area (Å²) >= 11 is 0. The van der Waals surface area contributed by atoms with E-state index >= 15 is 0 Å². The van der Waals surface area contributed by atoms with Crippen molar-refractivity contribution in [2.45, 2.75) is 52.4 Å². The van der Waals surface area contributed by atoms with E-state index in [1.807, 2.05) is 0 Å². The van der Waals surface area contributed by atoms with Gasteiger partial charge in [0, 0.05) is 11.3 Å². The van der Waals surface area contributed by atoms with Gasteiger partial charge >= 0.3 is 0 Å². The monoisotopic (exact) mass is 324 g/mol. The van der Waals surface area contributed by atoms with Crippen molar-refractivity contribution in [3.05, 3.63) is 72.9 Å². The molecule has 0 fully saturated rings. The first-order valence-corrected chi connectivity index (χ1v) is 9.13. The molecule has 0 radical (unpaired) electrons. The highest BCUT2D eigenvalue weighted by Crippen LogP contribution is 2.24. The Labute approximate surface area is 148 Å². The van der Waals surface area contributed by atoms with Crippen molar-refractivity contribution >= 4 is 6.29 Å². The molecule has 0 aromatic rings. The van der Waals surface area contributed by atoms with Gasteiger partial charge in [0.15, 0.2) is 0 Å². The summed E-state index contributed by atoms with van der Waals surface area (Å²) in [6.07, 6.45) is 33.4. The van der Waals surface area contributed by atoms with Crippen LogP contribution in [0.25, 0.3) is 0 Å². The smallest absolute Gasteiger partial charge is 0.123 e. The lowest BCUT2D eigenvalue weighted by atomic mass is 9.88. The molecule has 1 nitrogen and oxygen atoms in total. The molecular formula is C23H32O. The number of rotatable bonds is 7. The summed E-state index contributed by atoms with van der Waals surface area (Å²) in [6.45, 7) is 4.29. The summed E-state index contributed by atoms with van der Waals surface area (Å²) in [5.41, 5.74) is -0.0382. The van der Waals surface area contributed by atoms with E-state index in [2.05, 4.69) is 86.8 Å². The minimum atomic E-state index is -0.0382. The first-order chi connectivity index (χ1) is 11.7. The van der Waals surface area contributed by atoms with E-state index in [1.165, 1.54) is 0 Å². The molecule has 0 aliphatic heterocycles. The summed E-state index contributed by atoms with van der Waals surface area (Å²) in [4.78, 5) is 10.8. The van der Waals surface area contributed by atoms with Gasteiger partial charge in [0.2, 0.25) is 0 Å². The summed E-state index contributed by atoms with van der Waals surface area (Å²) in [7, 11) is 0. The van der Waals surface area contributed by atoms with Crippen LogP contribution >= 0.6 is 0 Å². The fourth-order valence-electron chi connectivity index (χ4n) is 2.52. The van der Waals surface area contributed by atoms with Crippen molar-refractivity contribution in [3.8, 4) is 0 Å². The van der Waals surface area contributed by atoms with Gasteiger partial charge in [-0.15, -0.1) is 0 Å². The molecule has 1 rings (SSSR count). The van der Waals surface area contributed by atoms with Crippen molar-refractivity contribution in [3.63, 3.8) is 0 Å². The molecule has 1 unspecified atom stereocenters. The van der Waals surface area contributed by atoms with E-state index in [9.17, 15) is 4.79 Å². The number of carbonyl (C=O) groups is 1. The van der Waals surface area contributed by atoms with E-state index in [0.29, 0.717) is 0 Å². The van der Waals surface area contributed by atoms with Crippen LogP contribution in [0.5, 0.6) is 0 Å². The maximum absolute atomic E-state index is 10.8. The minimum Gasteiger partial charge on any atom is -0.303 e. The van der Waals surface area contributed by atoms with Gasteiger partial charge in [0.1, 0.15) is 6.29 Å². The number of hydrogen-bond donors (Lipinski definition) is 0. The maximum atomic E-state index is 10.8. The van der Waals surface area contributed by atoms with Gasteiger partial charge in [0.25, 0.3) is 0 Å². The molecule has 0 bridgehead atoms. The predicted octanol–water partition coefficient (Wildman–Crippen LogP) is 6.52. The molecule has 1 aliphatic carbocycles. The van der Waals surface area contributed by atoms with Crippen LogP contribution in [-0.4, -0.2) is 6.29 Å². The first-order valence-electron chi connectivity index (χ1n) is 9.13. The van der Waals surface area contributed by atoms with E-state index in [0.717, 1.165) is 44.8 Å². The second-order valence-corrected chi connectivity index (χ2v) is 6.47. The Balaban J connectivity index is 2.59. The lowest BCUT2D eigenvalue weighted by molar-refractivity contribution is -0.111. The topological polar surface area (TPSA) is 17.1 Å². The van der Waals surface area contributed by atoms with Crippen LogP contribution in [0.3, 0.4) is 0 Å². The highest BCUT2D eigenvalue weighted by molar-refractivity contribution is 5.53. The molecule has 0 aromatic carbocycles. The Hall–Kier alpha value is -1.89. The quantitative estimate of drug-likeness (QED) is 0.385. The summed E-state index contributed by atoms with van der Waals surface area (Å²) < 4.78 is 0. The van der Waals surface area contributed by atoms with Crippen molar-refractivity contribution in [1.29, 1.82) is 0 Å². The molecule has 0 saturated carbocycles. The molecule has 0 N–H and O–H groups in total. The third-order valence-electron chi connectivity index (χ3n) is 4.18. The zero-order valence-corrected chi connectivity index (χ0v) is 15.2. The number of carbonyl (C=O) groups excluding carboxylic acids is 1. The Morgan fingerprint density at radius 3 is 2.04 bits per heavy atom. The fraction of sp³-hybridized carbons (Fsp3) is 0.435. The van der Waals surface area contributed by atoms with Crippen LogP contribution < -0.4 is 0 Å². The van der Waals surface area contributed by atoms with Gasteiger partial charge in [-0.3, -0.25) is 0 Å². The molecule has 0 saturated heterocycles. The molecule has 1 aliphatic rings. The highest BCUT2D eigenvalue weighted by Gasteiger charge is 2.11. The van der Waals surface area contributed by atoms with Crippen LogP contribution in [0.1, 0.15) is 52.4 Å². The van der Waals surface area contributed by atoms with E-state index < -0.39 is 0 Å². The second kappa shape index (κ2) is 12.5. The molecule has 1 atom stereocenters. The average molecular weight is 325 g/mol. The SMILES string of the molecule is CCC(C=O)C/C=C/C/C=C\C1(C)/C=C\C/C=C\C/C=C\C/C=C\1. The zero-order valence-electron chi connectivity index (χ0n) is 15.2. The molecule has 24 heavy (non-hydrogen) atoms. The molecule has 0 amide bonds. The average Bonchev–Trinajstić information content (AvgIpc) is 2.58. The summed E-state index contributed by atoms with van der Waals surface area (Å²) in [6, 6.07) is 0. The van der Waals surface area contributed by atoms with Crippen LogP contribution in [0.15, 0.2) is 72.9 Å². The molecular weight excluding hydrogens is 292 g/mol. The van der Waals surface area contributed by atoms with Crippen molar-refractivity contribution in [2.24, 2.45) is 11.3 Å². The third kappa shape index (κ3) is 9.29. The summed E-state index contributed by atoms with van der Waals surface area (Å²) in [5, 5.41) is 0.